The maximum atomic E-state index is 13.2. The molecule has 1 unspecified atom stereocenters. The largest absolute Gasteiger partial charge is 0.487 e. The van der Waals surface area contributed by atoms with E-state index in [0.717, 1.165) is 61.6 Å². The van der Waals surface area contributed by atoms with Crippen LogP contribution in [0.15, 0.2) is 30.3 Å². The van der Waals surface area contributed by atoms with Gasteiger partial charge in [0.15, 0.2) is 0 Å². The monoisotopic (exact) mass is 412 g/mol. The van der Waals surface area contributed by atoms with Crippen LogP contribution in [-0.4, -0.2) is 31.2 Å². The van der Waals surface area contributed by atoms with Gasteiger partial charge in [-0.2, -0.15) is 0 Å². The summed E-state index contributed by atoms with van der Waals surface area (Å²) in [5.41, 5.74) is 1.78. The number of para-hydroxylation sites is 1. The molecule has 0 bridgehead atoms. The van der Waals surface area contributed by atoms with Crippen LogP contribution in [0.3, 0.4) is 0 Å². The number of carbonyl (C=O) groups is 1. The Morgan fingerprint density at radius 1 is 1.24 bits per heavy atom. The van der Waals surface area contributed by atoms with Gasteiger partial charge in [0.1, 0.15) is 11.4 Å². The van der Waals surface area contributed by atoms with Crippen LogP contribution in [0, 0.1) is 0 Å². The topological polar surface area (TPSA) is 59.6 Å². The number of hydrogen-bond acceptors (Lipinski definition) is 5. The Kier molecular flexibility index (Phi) is 4.68. The quantitative estimate of drug-likeness (QED) is 0.785. The van der Waals surface area contributed by atoms with Crippen molar-refractivity contribution < 1.29 is 14.3 Å². The van der Waals surface area contributed by atoms with Gasteiger partial charge in [0.25, 0.3) is 5.91 Å². The van der Waals surface area contributed by atoms with Gasteiger partial charge in [-0.3, -0.25) is 4.79 Å². The van der Waals surface area contributed by atoms with Gasteiger partial charge in [0.05, 0.1) is 23.1 Å². The average molecular weight is 413 g/mol. The molecule has 5 rings (SSSR count). The Hall–Kier alpha value is -1.89. The molecule has 29 heavy (non-hydrogen) atoms. The Labute approximate surface area is 175 Å². The van der Waals surface area contributed by atoms with Crippen molar-refractivity contribution in [2.24, 2.45) is 0 Å². The van der Waals surface area contributed by atoms with Crippen molar-refractivity contribution >= 4 is 17.2 Å². The molecule has 5 nitrogen and oxygen atoms in total. The standard InChI is InChI=1S/C23H28N2O3S/c1-22(2)14-17(15-5-3-4-6-18(15)28-22)25-21(26)20-13-16-19(29-20)7-12-27-23(16)8-10-24-11-9-23/h3-6,13,17,24H,7-12,14H2,1-2H3,(H,25,26). The normalized spacial score (nSPS) is 24.3. The number of thiophene rings is 1. The van der Waals surface area contributed by atoms with Crippen molar-refractivity contribution in [1.29, 1.82) is 0 Å². The number of amides is 1. The third-order valence-corrected chi connectivity index (χ3v) is 7.52. The van der Waals surface area contributed by atoms with E-state index in [2.05, 4.69) is 30.5 Å². The zero-order valence-electron chi connectivity index (χ0n) is 17.0. The molecule has 0 aliphatic carbocycles. The molecule has 154 valence electrons. The lowest BCUT2D eigenvalue weighted by molar-refractivity contribution is -0.0792. The first kappa shape index (κ1) is 19.1. The molecule has 4 heterocycles. The molecular formula is C23H28N2O3S. The highest BCUT2D eigenvalue weighted by Crippen LogP contribution is 2.44. The van der Waals surface area contributed by atoms with Gasteiger partial charge in [-0.25, -0.2) is 0 Å². The minimum absolute atomic E-state index is 0.00554. The molecule has 1 atom stereocenters. The second-order valence-corrected chi connectivity index (χ2v) is 10.1. The Balaban J connectivity index is 1.41. The van der Waals surface area contributed by atoms with Crippen LogP contribution in [0.25, 0.3) is 0 Å². The minimum Gasteiger partial charge on any atom is -0.487 e. The molecule has 1 aromatic carbocycles. The Morgan fingerprint density at radius 2 is 2.03 bits per heavy atom. The van der Waals surface area contributed by atoms with E-state index >= 15 is 0 Å². The van der Waals surface area contributed by atoms with Crippen molar-refractivity contribution in [1.82, 2.24) is 10.6 Å². The van der Waals surface area contributed by atoms with Crippen molar-refractivity contribution in [2.45, 2.75) is 56.8 Å². The van der Waals surface area contributed by atoms with Crippen LogP contribution in [0.4, 0.5) is 0 Å². The summed E-state index contributed by atoms with van der Waals surface area (Å²) in [4.78, 5) is 15.3. The number of hydrogen-bond donors (Lipinski definition) is 2. The molecule has 2 N–H and O–H groups in total. The maximum absolute atomic E-state index is 13.2. The van der Waals surface area contributed by atoms with Crippen LogP contribution in [-0.2, 0) is 16.8 Å². The third-order valence-electron chi connectivity index (χ3n) is 6.32. The molecule has 0 radical (unpaired) electrons. The fraction of sp³-hybridized carbons (Fsp3) is 0.522. The minimum atomic E-state index is -0.312. The van der Waals surface area contributed by atoms with E-state index in [1.54, 1.807) is 11.3 Å². The summed E-state index contributed by atoms with van der Waals surface area (Å²) in [5.74, 6) is 0.868. The van der Waals surface area contributed by atoms with E-state index in [0.29, 0.717) is 0 Å². The van der Waals surface area contributed by atoms with Gasteiger partial charge in [-0.1, -0.05) is 18.2 Å². The number of rotatable bonds is 2. The van der Waals surface area contributed by atoms with E-state index < -0.39 is 0 Å². The molecule has 1 saturated heterocycles. The van der Waals surface area contributed by atoms with Crippen molar-refractivity contribution in [3.63, 3.8) is 0 Å². The molecule has 0 saturated carbocycles. The van der Waals surface area contributed by atoms with Crippen LogP contribution in [0.5, 0.6) is 5.75 Å². The highest BCUT2D eigenvalue weighted by molar-refractivity contribution is 7.14. The van der Waals surface area contributed by atoms with Gasteiger partial charge in [0, 0.05) is 23.3 Å². The second-order valence-electron chi connectivity index (χ2n) is 8.92. The molecule has 1 fully saturated rings. The molecule has 1 aromatic heterocycles. The summed E-state index contributed by atoms with van der Waals surface area (Å²) >= 11 is 1.64. The summed E-state index contributed by atoms with van der Waals surface area (Å²) < 4.78 is 12.4. The van der Waals surface area contributed by atoms with E-state index in [4.69, 9.17) is 9.47 Å². The number of carbonyl (C=O) groups excluding carboxylic acids is 1. The lowest BCUT2D eigenvalue weighted by Crippen LogP contribution is -2.44. The molecule has 6 heteroatoms. The molecule has 2 aromatic rings. The fourth-order valence-corrected chi connectivity index (χ4v) is 6.07. The van der Waals surface area contributed by atoms with Gasteiger partial charge >= 0.3 is 0 Å². The SMILES string of the molecule is CC1(C)CC(NC(=O)c2cc3c(s2)CCOC32CCNCC2)c2ccccc2O1. The number of benzene rings is 1. The van der Waals surface area contributed by atoms with Gasteiger partial charge in [-0.15, -0.1) is 11.3 Å². The third kappa shape index (κ3) is 3.47. The van der Waals surface area contributed by atoms with E-state index in [1.807, 2.05) is 24.3 Å². The summed E-state index contributed by atoms with van der Waals surface area (Å²) in [6.45, 7) is 6.82. The fourth-order valence-electron chi connectivity index (χ4n) is 4.93. The summed E-state index contributed by atoms with van der Waals surface area (Å²) in [5, 5.41) is 6.71. The molecule has 3 aliphatic heterocycles. The predicted molar refractivity (Wildman–Crippen MR) is 114 cm³/mol. The van der Waals surface area contributed by atoms with E-state index in [1.165, 1.54) is 10.4 Å². The van der Waals surface area contributed by atoms with Crippen molar-refractivity contribution in [3.05, 3.63) is 51.2 Å². The second kappa shape index (κ2) is 7.11. The molecule has 3 aliphatic rings. The Bertz CT molecular complexity index is 930. The summed E-state index contributed by atoms with van der Waals surface area (Å²) in [6, 6.07) is 10.1. The molecule has 1 spiro atoms. The number of fused-ring (bicyclic) bond motifs is 3. The van der Waals surface area contributed by atoms with Gasteiger partial charge in [-0.05, 0) is 57.5 Å². The van der Waals surface area contributed by atoms with Crippen LogP contribution in [0.1, 0.15) is 64.8 Å². The highest BCUT2D eigenvalue weighted by Gasteiger charge is 2.41. The molecule has 1 amide bonds. The van der Waals surface area contributed by atoms with Crippen LogP contribution in [0.2, 0.25) is 0 Å². The van der Waals surface area contributed by atoms with Gasteiger partial charge < -0.3 is 20.1 Å². The highest BCUT2D eigenvalue weighted by atomic mass is 32.1. The van der Waals surface area contributed by atoms with Crippen LogP contribution >= 0.6 is 11.3 Å². The van der Waals surface area contributed by atoms with Crippen molar-refractivity contribution in [3.8, 4) is 5.75 Å². The lowest BCUT2D eigenvalue weighted by Gasteiger charge is -2.40. The number of nitrogens with one attached hydrogen (secondary N) is 2. The lowest BCUT2D eigenvalue weighted by atomic mass is 9.83. The first-order valence-corrected chi connectivity index (χ1v) is 11.3. The first-order valence-electron chi connectivity index (χ1n) is 10.5. The van der Waals surface area contributed by atoms with Gasteiger partial charge in [0.2, 0.25) is 0 Å². The Morgan fingerprint density at radius 3 is 2.86 bits per heavy atom. The maximum Gasteiger partial charge on any atom is 0.261 e. The predicted octanol–water partition coefficient (Wildman–Crippen LogP) is 3.93. The van der Waals surface area contributed by atoms with Crippen LogP contribution < -0.4 is 15.4 Å². The van der Waals surface area contributed by atoms with Crippen molar-refractivity contribution in [2.75, 3.05) is 19.7 Å². The number of piperidine rings is 1. The average Bonchev–Trinajstić information content (AvgIpc) is 3.14. The zero-order chi connectivity index (χ0) is 20.1. The molecular weight excluding hydrogens is 384 g/mol. The first-order chi connectivity index (χ1) is 14.0. The summed E-state index contributed by atoms with van der Waals surface area (Å²) in [6.07, 6.45) is 3.59. The van der Waals surface area contributed by atoms with E-state index in [-0.39, 0.29) is 23.2 Å². The zero-order valence-corrected chi connectivity index (χ0v) is 17.9. The number of ether oxygens (including phenoxy) is 2. The summed E-state index contributed by atoms with van der Waals surface area (Å²) in [7, 11) is 0. The smallest absolute Gasteiger partial charge is 0.261 e. The van der Waals surface area contributed by atoms with E-state index in [9.17, 15) is 4.79 Å².